The number of hydrogen-bond acceptors (Lipinski definition) is 5. The summed E-state index contributed by atoms with van der Waals surface area (Å²) in [6.07, 6.45) is 10.4. The van der Waals surface area contributed by atoms with Crippen LogP contribution in [0.25, 0.3) is 0 Å². The van der Waals surface area contributed by atoms with Crippen LogP contribution < -0.4 is 4.90 Å². The molecule has 198 valence electrons. The molecule has 6 atom stereocenters. The number of carbonyl (C=O) groups excluding carboxylic acids is 3. The Hall–Kier alpha value is -2.97. The predicted molar refractivity (Wildman–Crippen MR) is 140 cm³/mol. The van der Waals surface area contributed by atoms with Crippen LogP contribution in [-0.4, -0.2) is 82.7 Å². The summed E-state index contributed by atoms with van der Waals surface area (Å²) in [6, 6.07) is 7.98. The Kier molecular flexibility index (Phi) is 7.23. The van der Waals surface area contributed by atoms with Crippen LogP contribution in [-0.2, 0) is 19.1 Å². The number of ether oxygens (including phenoxy) is 1. The van der Waals surface area contributed by atoms with Gasteiger partial charge in [0.25, 0.3) is 0 Å². The number of unbranched alkanes of at least 4 members (excludes halogenated alkanes) is 2. The third kappa shape index (κ3) is 4.10. The molecular weight excluding hydrogens is 470 g/mol. The molecule has 0 radical (unpaired) electrons. The van der Waals surface area contributed by atoms with Crippen molar-refractivity contribution in [1.82, 2.24) is 9.80 Å². The predicted octanol–water partition coefficient (Wildman–Crippen LogP) is 2.53. The number of amides is 3. The van der Waals surface area contributed by atoms with E-state index >= 15 is 0 Å². The van der Waals surface area contributed by atoms with E-state index in [2.05, 4.69) is 6.92 Å². The third-order valence-electron chi connectivity index (χ3n) is 8.35. The number of benzene rings is 1. The zero-order valence-corrected chi connectivity index (χ0v) is 21.7. The lowest BCUT2D eigenvalue weighted by Crippen LogP contribution is -2.58. The lowest BCUT2D eigenvalue weighted by atomic mass is 9.77. The second kappa shape index (κ2) is 10.4. The lowest BCUT2D eigenvalue weighted by molar-refractivity contribution is -0.150. The number of likely N-dealkylation sites (tertiary alicyclic amines) is 1. The molecule has 4 aliphatic heterocycles. The standard InChI is InChI=1S/C29H37N3O5/c1-3-5-9-16-30-17-11-15-29-24(27(35)32(20(4-2)19-33)25(29)28(30)36)23-22(37-29)14-10-18-31(26(23)34)21-12-7-6-8-13-21/h6-8,10-15,20,22-25,33H,3-5,9,16-19H2,1-2H3/t20-,22+,23-,24-,25?,29-/m0/s1. The first kappa shape index (κ1) is 25.7. The number of aliphatic hydroxyl groups excluding tert-OH is 1. The molecule has 0 bridgehead atoms. The summed E-state index contributed by atoms with van der Waals surface area (Å²) in [6.45, 7) is 5.17. The number of rotatable bonds is 8. The van der Waals surface area contributed by atoms with Gasteiger partial charge in [0, 0.05) is 25.3 Å². The van der Waals surface area contributed by atoms with Crippen molar-refractivity contribution in [1.29, 1.82) is 0 Å². The highest BCUT2D eigenvalue weighted by Gasteiger charge is 2.72. The van der Waals surface area contributed by atoms with E-state index in [9.17, 15) is 19.5 Å². The molecule has 2 fully saturated rings. The molecule has 1 aromatic rings. The Balaban J connectivity index is 1.57. The van der Waals surface area contributed by atoms with Crippen LogP contribution >= 0.6 is 0 Å². The van der Waals surface area contributed by atoms with Crippen molar-refractivity contribution in [3.05, 3.63) is 54.6 Å². The maximum Gasteiger partial charge on any atom is 0.249 e. The maximum absolute atomic E-state index is 14.2. The molecule has 3 amide bonds. The molecule has 2 saturated heterocycles. The smallest absolute Gasteiger partial charge is 0.249 e. The average molecular weight is 508 g/mol. The quantitative estimate of drug-likeness (QED) is 0.431. The highest BCUT2D eigenvalue weighted by Crippen LogP contribution is 2.54. The van der Waals surface area contributed by atoms with Crippen molar-refractivity contribution in [2.45, 2.75) is 63.3 Å². The second-order valence-electron chi connectivity index (χ2n) is 10.4. The van der Waals surface area contributed by atoms with Crippen molar-refractivity contribution >= 4 is 23.4 Å². The van der Waals surface area contributed by atoms with Crippen LogP contribution in [0, 0.1) is 11.8 Å². The molecule has 0 aromatic heterocycles. The molecule has 1 spiro atoms. The van der Waals surface area contributed by atoms with E-state index in [0.29, 0.717) is 26.1 Å². The number of nitrogens with zero attached hydrogens (tertiary/aromatic N) is 3. The van der Waals surface area contributed by atoms with Crippen LogP contribution in [0.5, 0.6) is 0 Å². The fourth-order valence-corrected chi connectivity index (χ4v) is 6.52. The number of hydrogen-bond donors (Lipinski definition) is 1. The van der Waals surface area contributed by atoms with E-state index in [1.54, 1.807) is 14.7 Å². The largest absolute Gasteiger partial charge is 0.394 e. The fourth-order valence-electron chi connectivity index (χ4n) is 6.52. The van der Waals surface area contributed by atoms with Crippen molar-refractivity contribution in [3.8, 4) is 0 Å². The minimum Gasteiger partial charge on any atom is -0.394 e. The third-order valence-corrected chi connectivity index (χ3v) is 8.35. The van der Waals surface area contributed by atoms with Crippen LogP contribution in [0.2, 0.25) is 0 Å². The zero-order chi connectivity index (χ0) is 26.2. The fraction of sp³-hybridized carbons (Fsp3) is 0.552. The number of anilines is 1. The van der Waals surface area contributed by atoms with Crippen LogP contribution in [0.4, 0.5) is 5.69 Å². The number of aliphatic hydroxyl groups is 1. The van der Waals surface area contributed by atoms with Gasteiger partial charge >= 0.3 is 0 Å². The molecule has 1 N–H and O–H groups in total. The van der Waals surface area contributed by atoms with Gasteiger partial charge in [-0.1, -0.05) is 69.2 Å². The van der Waals surface area contributed by atoms with Crippen molar-refractivity contribution < 1.29 is 24.2 Å². The molecule has 0 saturated carbocycles. The number of fused-ring (bicyclic) bond motifs is 2. The molecule has 4 heterocycles. The van der Waals surface area contributed by atoms with E-state index in [0.717, 1.165) is 24.9 Å². The first-order valence-corrected chi connectivity index (χ1v) is 13.6. The number of para-hydroxylation sites is 1. The Labute approximate surface area is 218 Å². The van der Waals surface area contributed by atoms with E-state index < -0.39 is 35.6 Å². The van der Waals surface area contributed by atoms with Gasteiger partial charge in [0.15, 0.2) is 0 Å². The topological polar surface area (TPSA) is 90.4 Å². The number of carbonyl (C=O) groups is 3. The minimum atomic E-state index is -1.26. The molecule has 4 aliphatic rings. The van der Waals surface area contributed by atoms with Gasteiger partial charge in [-0.05, 0) is 25.0 Å². The Morgan fingerprint density at radius 3 is 2.51 bits per heavy atom. The monoisotopic (exact) mass is 507 g/mol. The zero-order valence-electron chi connectivity index (χ0n) is 21.7. The first-order valence-electron chi connectivity index (χ1n) is 13.6. The van der Waals surface area contributed by atoms with E-state index in [4.69, 9.17) is 4.74 Å². The van der Waals surface area contributed by atoms with Gasteiger partial charge in [0.1, 0.15) is 11.6 Å². The van der Waals surface area contributed by atoms with Crippen molar-refractivity contribution in [2.75, 3.05) is 31.1 Å². The van der Waals surface area contributed by atoms with Gasteiger partial charge in [-0.25, -0.2) is 0 Å². The molecule has 8 heteroatoms. The van der Waals surface area contributed by atoms with Crippen LogP contribution in [0.3, 0.4) is 0 Å². The van der Waals surface area contributed by atoms with E-state index in [1.165, 1.54) is 0 Å². The normalized spacial score (nSPS) is 31.8. The van der Waals surface area contributed by atoms with E-state index in [1.807, 2.05) is 61.6 Å². The summed E-state index contributed by atoms with van der Waals surface area (Å²) in [5.74, 6) is -2.25. The molecular formula is C29H37N3O5. The lowest BCUT2D eigenvalue weighted by Gasteiger charge is -2.38. The Morgan fingerprint density at radius 2 is 1.81 bits per heavy atom. The highest BCUT2D eigenvalue weighted by atomic mass is 16.5. The second-order valence-corrected chi connectivity index (χ2v) is 10.4. The molecule has 1 aromatic carbocycles. The van der Waals surface area contributed by atoms with Crippen molar-refractivity contribution in [2.24, 2.45) is 11.8 Å². The Bertz CT molecular complexity index is 1080. The van der Waals surface area contributed by atoms with Crippen molar-refractivity contribution in [3.63, 3.8) is 0 Å². The molecule has 37 heavy (non-hydrogen) atoms. The molecule has 0 aliphatic carbocycles. The summed E-state index contributed by atoms with van der Waals surface area (Å²) >= 11 is 0. The highest BCUT2D eigenvalue weighted by molar-refractivity contribution is 6.03. The summed E-state index contributed by atoms with van der Waals surface area (Å²) < 4.78 is 6.67. The average Bonchev–Trinajstić information content (AvgIpc) is 3.23. The van der Waals surface area contributed by atoms with Crippen LogP contribution in [0.15, 0.2) is 54.6 Å². The molecule has 8 nitrogen and oxygen atoms in total. The van der Waals surface area contributed by atoms with Gasteiger partial charge in [-0.2, -0.15) is 0 Å². The Morgan fingerprint density at radius 1 is 1.03 bits per heavy atom. The first-order chi connectivity index (χ1) is 18.0. The summed E-state index contributed by atoms with van der Waals surface area (Å²) in [4.78, 5) is 47.4. The van der Waals surface area contributed by atoms with Gasteiger partial charge in [0.2, 0.25) is 17.7 Å². The molecule has 5 rings (SSSR count). The minimum absolute atomic E-state index is 0.170. The maximum atomic E-state index is 14.2. The van der Waals surface area contributed by atoms with E-state index in [-0.39, 0.29) is 24.3 Å². The van der Waals surface area contributed by atoms with Gasteiger partial charge in [0.05, 0.1) is 30.6 Å². The van der Waals surface area contributed by atoms with Gasteiger partial charge in [-0.3, -0.25) is 14.4 Å². The summed E-state index contributed by atoms with van der Waals surface area (Å²) in [5.41, 5.74) is -0.500. The van der Waals surface area contributed by atoms with Gasteiger partial charge in [-0.15, -0.1) is 0 Å². The summed E-state index contributed by atoms with van der Waals surface area (Å²) in [5, 5.41) is 10.2. The van der Waals surface area contributed by atoms with Gasteiger partial charge < -0.3 is 24.5 Å². The SMILES string of the molecule is CCCCCN1CC=C[C@]23O[C@@H]4C=CCN(c5ccccc5)C(=O)[C@@H]4[C@H]2C(=O)N([C@@H](CC)CO)C3C1=O. The summed E-state index contributed by atoms with van der Waals surface area (Å²) in [7, 11) is 0. The molecule has 1 unspecified atom stereocenters. The van der Waals surface area contributed by atoms with Crippen LogP contribution in [0.1, 0.15) is 39.5 Å².